The van der Waals surface area contributed by atoms with Gasteiger partial charge in [-0.2, -0.15) is 0 Å². The number of nitrogens with zero attached hydrogens (tertiary/aromatic N) is 1. The van der Waals surface area contributed by atoms with Crippen LogP contribution in [0.3, 0.4) is 0 Å². The van der Waals surface area contributed by atoms with E-state index in [2.05, 4.69) is 11.1 Å². The normalized spacial score (nSPS) is 37.6. The van der Waals surface area contributed by atoms with Crippen molar-refractivity contribution in [2.75, 3.05) is 6.61 Å². The molecule has 1 aliphatic heterocycles. The summed E-state index contributed by atoms with van der Waals surface area (Å²) in [5, 5.41) is 33.4. The first kappa shape index (κ1) is 24.4. The van der Waals surface area contributed by atoms with Crippen molar-refractivity contribution in [1.29, 1.82) is 0 Å². The summed E-state index contributed by atoms with van der Waals surface area (Å²) in [6, 6.07) is 3.24. The van der Waals surface area contributed by atoms with Crippen LogP contribution in [0.1, 0.15) is 63.7 Å². The van der Waals surface area contributed by atoms with Crippen molar-refractivity contribution in [3.63, 3.8) is 0 Å². The fourth-order valence-electron chi connectivity index (χ4n) is 6.29. The summed E-state index contributed by atoms with van der Waals surface area (Å²) in [6.07, 6.45) is 5.00. The molecular formula is C26H33NO7. The number of cyclic esters (lactones) is 1. The topological polar surface area (TPSA) is 126 Å². The zero-order valence-electron chi connectivity index (χ0n) is 20.1. The summed E-state index contributed by atoms with van der Waals surface area (Å²) in [7, 11) is 0. The number of aliphatic hydroxyl groups is 3. The molecule has 6 atom stereocenters. The van der Waals surface area contributed by atoms with E-state index in [0.29, 0.717) is 18.4 Å². The number of carbonyl (C=O) groups excluding carboxylic acids is 2. The van der Waals surface area contributed by atoms with Gasteiger partial charge in [0.15, 0.2) is 0 Å². The third kappa shape index (κ3) is 3.55. The van der Waals surface area contributed by atoms with Crippen molar-refractivity contribution in [3.8, 4) is 0 Å². The Balaban J connectivity index is 1.71. The van der Waals surface area contributed by atoms with Crippen molar-refractivity contribution in [3.05, 3.63) is 53.1 Å². The lowest BCUT2D eigenvalue weighted by molar-refractivity contribution is -0.268. The first-order valence-electron chi connectivity index (χ1n) is 11.7. The average molecular weight is 472 g/mol. The Hall–Kier alpha value is -2.71. The molecule has 0 amide bonds. The van der Waals surface area contributed by atoms with Crippen LogP contribution in [0, 0.1) is 16.7 Å². The Bertz CT molecular complexity index is 1050. The van der Waals surface area contributed by atoms with Crippen LogP contribution in [0.5, 0.6) is 0 Å². The summed E-state index contributed by atoms with van der Waals surface area (Å²) >= 11 is 0. The molecule has 3 aliphatic rings. The highest BCUT2D eigenvalue weighted by Crippen LogP contribution is 2.64. The van der Waals surface area contributed by atoms with Gasteiger partial charge in [-0.05, 0) is 57.6 Å². The minimum Gasteiger partial charge on any atom is -0.502 e. The molecule has 1 aromatic rings. The molecule has 2 heterocycles. The Labute approximate surface area is 199 Å². The Morgan fingerprint density at radius 2 is 2.06 bits per heavy atom. The van der Waals surface area contributed by atoms with Gasteiger partial charge in [-0.1, -0.05) is 25.5 Å². The molecular weight excluding hydrogens is 438 g/mol. The third-order valence-corrected chi connectivity index (χ3v) is 8.84. The molecule has 1 aromatic heterocycles. The molecule has 0 bridgehead atoms. The van der Waals surface area contributed by atoms with Gasteiger partial charge in [-0.3, -0.25) is 4.98 Å². The van der Waals surface area contributed by atoms with Crippen molar-refractivity contribution >= 4 is 11.9 Å². The average Bonchev–Trinajstić information content (AvgIpc) is 3.14. The van der Waals surface area contributed by atoms with E-state index in [1.165, 1.54) is 6.20 Å². The number of aromatic nitrogens is 1. The predicted molar refractivity (Wildman–Crippen MR) is 123 cm³/mol. The van der Waals surface area contributed by atoms with E-state index in [-0.39, 0.29) is 23.8 Å². The fourth-order valence-corrected chi connectivity index (χ4v) is 6.29. The summed E-state index contributed by atoms with van der Waals surface area (Å²) in [6.45, 7) is 7.51. The highest BCUT2D eigenvalue weighted by Gasteiger charge is 2.68. The summed E-state index contributed by atoms with van der Waals surface area (Å²) in [5.74, 6) is -1.85. The zero-order chi connectivity index (χ0) is 24.9. The fraction of sp³-hybridized carbons (Fsp3) is 0.577. The maximum atomic E-state index is 13.0. The van der Waals surface area contributed by atoms with Gasteiger partial charge >= 0.3 is 11.9 Å². The number of aliphatic hydroxyl groups excluding tert-OH is 2. The van der Waals surface area contributed by atoms with E-state index in [1.807, 2.05) is 20.8 Å². The molecule has 0 saturated heterocycles. The van der Waals surface area contributed by atoms with Crippen molar-refractivity contribution in [2.24, 2.45) is 16.7 Å². The molecule has 0 aromatic carbocycles. The quantitative estimate of drug-likeness (QED) is 0.441. The van der Waals surface area contributed by atoms with Crippen molar-refractivity contribution in [1.82, 2.24) is 4.98 Å². The maximum absolute atomic E-state index is 13.0. The van der Waals surface area contributed by atoms with Crippen LogP contribution in [0.25, 0.3) is 0 Å². The monoisotopic (exact) mass is 471 g/mol. The molecule has 34 heavy (non-hydrogen) atoms. The number of allylic oxidation sites excluding steroid dienone is 1. The van der Waals surface area contributed by atoms with E-state index in [1.54, 1.807) is 25.3 Å². The molecule has 0 unspecified atom stereocenters. The van der Waals surface area contributed by atoms with Gasteiger partial charge in [0.25, 0.3) is 0 Å². The smallest absolute Gasteiger partial charge is 0.373 e. The predicted octanol–water partition coefficient (Wildman–Crippen LogP) is 3.25. The molecule has 8 heteroatoms. The van der Waals surface area contributed by atoms with E-state index in [0.717, 1.165) is 18.4 Å². The second-order valence-electron chi connectivity index (χ2n) is 10.4. The molecule has 4 rings (SSSR count). The van der Waals surface area contributed by atoms with Crippen LogP contribution < -0.4 is 0 Å². The Morgan fingerprint density at radius 3 is 2.68 bits per heavy atom. The van der Waals surface area contributed by atoms with E-state index < -0.39 is 40.6 Å². The van der Waals surface area contributed by atoms with Crippen LogP contribution in [0.2, 0.25) is 0 Å². The lowest BCUT2D eigenvalue weighted by Gasteiger charge is -2.65. The van der Waals surface area contributed by atoms with Gasteiger partial charge in [0.2, 0.25) is 5.76 Å². The molecule has 8 nitrogen and oxygen atoms in total. The van der Waals surface area contributed by atoms with Crippen LogP contribution in [0.4, 0.5) is 0 Å². The first-order valence-corrected chi connectivity index (χ1v) is 11.7. The highest BCUT2D eigenvalue weighted by atomic mass is 16.6. The molecule has 0 radical (unpaired) electrons. The molecule has 3 N–H and O–H groups in total. The zero-order valence-corrected chi connectivity index (χ0v) is 20.1. The van der Waals surface area contributed by atoms with Gasteiger partial charge in [0.1, 0.15) is 18.8 Å². The largest absolute Gasteiger partial charge is 0.502 e. The molecule has 0 spiro atoms. The molecule has 2 aliphatic carbocycles. The Morgan fingerprint density at radius 1 is 1.32 bits per heavy atom. The molecule has 1 fully saturated rings. The number of fused-ring (bicyclic) bond motifs is 1. The van der Waals surface area contributed by atoms with Crippen LogP contribution >= 0.6 is 0 Å². The van der Waals surface area contributed by atoms with Gasteiger partial charge in [-0.15, -0.1) is 0 Å². The summed E-state index contributed by atoms with van der Waals surface area (Å²) < 4.78 is 10.9. The highest BCUT2D eigenvalue weighted by molar-refractivity contribution is 5.89. The van der Waals surface area contributed by atoms with Crippen molar-refractivity contribution < 1.29 is 34.4 Å². The second-order valence-corrected chi connectivity index (χ2v) is 10.4. The SMILES string of the molecule is CC1=CCC[C@H]2[C@@]1(C)[C@@H](OC(=O)c1cccnc1)[C@H](O)[C@](C)(O)[C@]2(C)CCC1=C(O)C(=O)OC1. The molecule has 184 valence electrons. The lowest BCUT2D eigenvalue weighted by atomic mass is 9.43. The number of ether oxygens (including phenoxy) is 2. The van der Waals surface area contributed by atoms with Crippen LogP contribution in [-0.2, 0) is 14.3 Å². The minimum atomic E-state index is -1.62. The standard InChI is InChI=1S/C26H33NO7/c1-15-7-5-9-18-24(2,11-10-17-14-33-23(31)19(17)28)26(4,32)20(29)21(25(15,18)3)34-22(30)16-8-6-12-27-13-16/h6-8,12-13,18,20-21,28-29,32H,5,9-11,14H2,1-4H3/t18-,20+,21+,24-,25+,26+/m1/s1. The number of esters is 2. The summed E-state index contributed by atoms with van der Waals surface area (Å²) in [5.41, 5.74) is -1.40. The molecule has 1 saturated carbocycles. The van der Waals surface area contributed by atoms with E-state index in [9.17, 15) is 24.9 Å². The second kappa shape index (κ2) is 8.50. The number of rotatable bonds is 5. The van der Waals surface area contributed by atoms with Crippen molar-refractivity contribution in [2.45, 2.75) is 71.2 Å². The lowest BCUT2D eigenvalue weighted by Crippen LogP contribution is -2.72. The van der Waals surface area contributed by atoms with Gasteiger partial charge in [-0.25, -0.2) is 9.59 Å². The van der Waals surface area contributed by atoms with Crippen LogP contribution in [-0.4, -0.2) is 56.7 Å². The number of pyridine rings is 1. The first-order chi connectivity index (χ1) is 15.9. The number of hydrogen-bond acceptors (Lipinski definition) is 8. The Kier molecular flexibility index (Phi) is 6.10. The number of carbonyl (C=O) groups is 2. The summed E-state index contributed by atoms with van der Waals surface area (Å²) in [4.78, 5) is 28.5. The minimum absolute atomic E-state index is 0.0255. The van der Waals surface area contributed by atoms with Gasteiger partial charge in [0.05, 0.1) is 11.2 Å². The maximum Gasteiger partial charge on any atom is 0.373 e. The van der Waals surface area contributed by atoms with Gasteiger partial charge in [0, 0.05) is 28.8 Å². The van der Waals surface area contributed by atoms with E-state index in [4.69, 9.17) is 9.47 Å². The number of hydrogen-bond donors (Lipinski definition) is 3. The van der Waals surface area contributed by atoms with Gasteiger partial charge < -0.3 is 24.8 Å². The van der Waals surface area contributed by atoms with E-state index >= 15 is 0 Å². The van der Waals surface area contributed by atoms with Crippen LogP contribution in [0.15, 0.2) is 47.5 Å². The third-order valence-electron chi connectivity index (χ3n) is 8.84.